The van der Waals surface area contributed by atoms with Crippen molar-refractivity contribution in [1.82, 2.24) is 4.98 Å². The molecule has 0 unspecified atom stereocenters. The van der Waals surface area contributed by atoms with Crippen LogP contribution in [0.4, 0.5) is 0 Å². The van der Waals surface area contributed by atoms with Gasteiger partial charge in [0.1, 0.15) is 5.75 Å². The molecule has 0 spiro atoms. The third-order valence-corrected chi connectivity index (χ3v) is 3.39. The molecule has 1 aromatic carbocycles. The molecule has 0 amide bonds. The summed E-state index contributed by atoms with van der Waals surface area (Å²) in [5.74, 6) is 0.587. The zero-order valence-corrected chi connectivity index (χ0v) is 13.1. The Labute approximate surface area is 127 Å². The molecular formula is C16H16BrNO2. The van der Waals surface area contributed by atoms with Gasteiger partial charge in [-0.2, -0.15) is 0 Å². The molecule has 4 heteroatoms. The maximum absolute atomic E-state index is 12.5. The van der Waals surface area contributed by atoms with E-state index >= 15 is 0 Å². The molecule has 0 saturated carbocycles. The highest BCUT2D eigenvalue weighted by atomic mass is 79.9. The van der Waals surface area contributed by atoms with Crippen LogP contribution in [0.3, 0.4) is 0 Å². The highest BCUT2D eigenvalue weighted by Gasteiger charge is 2.13. The predicted octanol–water partition coefficient (Wildman–Crippen LogP) is 4.17. The van der Waals surface area contributed by atoms with Crippen molar-refractivity contribution in [3.05, 3.63) is 57.8 Å². The van der Waals surface area contributed by atoms with Crippen LogP contribution in [0.2, 0.25) is 0 Å². The average Bonchev–Trinajstić information content (AvgIpc) is 2.47. The topological polar surface area (TPSA) is 39.2 Å². The van der Waals surface area contributed by atoms with E-state index in [-0.39, 0.29) is 5.78 Å². The summed E-state index contributed by atoms with van der Waals surface area (Å²) in [7, 11) is 0. The number of carbonyl (C=O) groups is 1. The SMILES string of the molecule is CCCOc1cncc(C(=O)c2cc(Br)ccc2C)c1. The number of hydrogen-bond acceptors (Lipinski definition) is 3. The number of rotatable bonds is 5. The summed E-state index contributed by atoms with van der Waals surface area (Å²) in [6, 6.07) is 7.41. The molecular weight excluding hydrogens is 318 g/mol. The van der Waals surface area contributed by atoms with Crippen molar-refractivity contribution in [2.24, 2.45) is 0 Å². The highest BCUT2D eigenvalue weighted by Crippen LogP contribution is 2.21. The van der Waals surface area contributed by atoms with Crippen molar-refractivity contribution < 1.29 is 9.53 Å². The van der Waals surface area contributed by atoms with Gasteiger partial charge in [0.25, 0.3) is 0 Å². The lowest BCUT2D eigenvalue weighted by Gasteiger charge is -2.08. The standard InChI is InChI=1S/C16H16BrNO2/c1-3-6-20-14-7-12(9-18-10-14)16(19)15-8-13(17)5-4-11(15)2/h4-5,7-10H,3,6H2,1-2H3. The number of pyridine rings is 1. The van der Waals surface area contributed by atoms with Crippen molar-refractivity contribution in [3.63, 3.8) is 0 Å². The van der Waals surface area contributed by atoms with E-state index in [4.69, 9.17) is 4.74 Å². The van der Waals surface area contributed by atoms with Crippen LogP contribution in [0.25, 0.3) is 0 Å². The summed E-state index contributed by atoms with van der Waals surface area (Å²) < 4.78 is 6.40. The van der Waals surface area contributed by atoms with Crippen LogP contribution in [-0.2, 0) is 0 Å². The summed E-state index contributed by atoms with van der Waals surface area (Å²) in [6.45, 7) is 4.58. The third-order valence-electron chi connectivity index (χ3n) is 2.89. The minimum Gasteiger partial charge on any atom is -0.492 e. The van der Waals surface area contributed by atoms with Crippen LogP contribution < -0.4 is 4.74 Å². The van der Waals surface area contributed by atoms with Gasteiger partial charge in [-0.3, -0.25) is 9.78 Å². The maximum atomic E-state index is 12.5. The van der Waals surface area contributed by atoms with Gasteiger partial charge in [-0.05, 0) is 37.1 Å². The number of carbonyl (C=O) groups excluding carboxylic acids is 1. The Balaban J connectivity index is 2.31. The van der Waals surface area contributed by atoms with E-state index < -0.39 is 0 Å². The summed E-state index contributed by atoms with van der Waals surface area (Å²) in [5.41, 5.74) is 2.16. The van der Waals surface area contributed by atoms with Gasteiger partial charge in [0.15, 0.2) is 5.78 Å². The van der Waals surface area contributed by atoms with E-state index in [1.54, 1.807) is 18.5 Å². The predicted molar refractivity (Wildman–Crippen MR) is 82.3 cm³/mol. The Hall–Kier alpha value is -1.68. The fourth-order valence-corrected chi connectivity index (χ4v) is 2.20. The molecule has 0 N–H and O–H groups in total. The molecule has 0 radical (unpaired) electrons. The first-order valence-corrected chi connectivity index (χ1v) is 7.30. The van der Waals surface area contributed by atoms with Crippen molar-refractivity contribution in [1.29, 1.82) is 0 Å². The zero-order valence-electron chi connectivity index (χ0n) is 11.5. The van der Waals surface area contributed by atoms with E-state index in [1.807, 2.05) is 32.0 Å². The summed E-state index contributed by atoms with van der Waals surface area (Å²) in [6.07, 6.45) is 4.12. The second-order valence-corrected chi connectivity index (χ2v) is 5.46. The van der Waals surface area contributed by atoms with Crippen molar-refractivity contribution in [2.45, 2.75) is 20.3 Å². The van der Waals surface area contributed by atoms with Crippen molar-refractivity contribution in [2.75, 3.05) is 6.61 Å². The monoisotopic (exact) mass is 333 g/mol. The lowest BCUT2D eigenvalue weighted by Crippen LogP contribution is -2.05. The molecule has 2 rings (SSSR count). The molecule has 0 aliphatic heterocycles. The molecule has 1 heterocycles. The lowest BCUT2D eigenvalue weighted by molar-refractivity contribution is 0.103. The maximum Gasteiger partial charge on any atom is 0.195 e. The van der Waals surface area contributed by atoms with Crippen LogP contribution in [-0.4, -0.2) is 17.4 Å². The fourth-order valence-electron chi connectivity index (χ4n) is 1.84. The minimum atomic E-state index is -0.0433. The molecule has 104 valence electrons. The molecule has 20 heavy (non-hydrogen) atoms. The molecule has 0 aliphatic rings. The number of benzene rings is 1. The van der Waals surface area contributed by atoms with E-state index in [2.05, 4.69) is 20.9 Å². The average molecular weight is 334 g/mol. The Morgan fingerprint density at radius 3 is 2.85 bits per heavy atom. The highest BCUT2D eigenvalue weighted by molar-refractivity contribution is 9.10. The van der Waals surface area contributed by atoms with Crippen LogP contribution in [0.5, 0.6) is 5.75 Å². The van der Waals surface area contributed by atoms with E-state index in [1.165, 1.54) is 0 Å². The first-order valence-electron chi connectivity index (χ1n) is 6.50. The molecule has 1 aromatic heterocycles. The van der Waals surface area contributed by atoms with Gasteiger partial charge in [0, 0.05) is 21.8 Å². The number of aromatic nitrogens is 1. The largest absolute Gasteiger partial charge is 0.492 e. The Kier molecular flexibility index (Phi) is 4.90. The van der Waals surface area contributed by atoms with E-state index in [0.29, 0.717) is 23.5 Å². The van der Waals surface area contributed by atoms with Gasteiger partial charge in [-0.25, -0.2) is 0 Å². The summed E-state index contributed by atoms with van der Waals surface area (Å²) in [4.78, 5) is 16.6. The molecule has 3 nitrogen and oxygen atoms in total. The fraction of sp³-hybridized carbons (Fsp3) is 0.250. The van der Waals surface area contributed by atoms with Crippen LogP contribution in [0.1, 0.15) is 34.8 Å². The quantitative estimate of drug-likeness (QED) is 0.771. The van der Waals surface area contributed by atoms with Gasteiger partial charge in [0.2, 0.25) is 0 Å². The summed E-state index contributed by atoms with van der Waals surface area (Å²) >= 11 is 3.39. The Morgan fingerprint density at radius 1 is 1.30 bits per heavy atom. The number of aryl methyl sites for hydroxylation is 1. The normalized spacial score (nSPS) is 10.3. The second-order valence-electron chi connectivity index (χ2n) is 4.55. The number of ketones is 1. The van der Waals surface area contributed by atoms with Gasteiger partial charge in [0.05, 0.1) is 12.8 Å². The van der Waals surface area contributed by atoms with Crippen LogP contribution in [0, 0.1) is 6.92 Å². The zero-order chi connectivity index (χ0) is 14.5. The Morgan fingerprint density at radius 2 is 2.10 bits per heavy atom. The van der Waals surface area contributed by atoms with Gasteiger partial charge in [-0.15, -0.1) is 0 Å². The van der Waals surface area contributed by atoms with Crippen LogP contribution in [0.15, 0.2) is 41.1 Å². The smallest absolute Gasteiger partial charge is 0.195 e. The number of hydrogen-bond donors (Lipinski definition) is 0. The number of halogens is 1. The first kappa shape index (κ1) is 14.7. The Bertz CT molecular complexity index is 626. The molecule has 0 saturated heterocycles. The van der Waals surface area contributed by atoms with E-state index in [9.17, 15) is 4.79 Å². The molecule has 2 aromatic rings. The summed E-state index contributed by atoms with van der Waals surface area (Å²) in [5, 5.41) is 0. The number of nitrogens with zero attached hydrogens (tertiary/aromatic N) is 1. The molecule has 0 bridgehead atoms. The second kappa shape index (κ2) is 6.66. The van der Waals surface area contributed by atoms with Gasteiger partial charge < -0.3 is 4.74 Å². The molecule has 0 aliphatic carbocycles. The van der Waals surface area contributed by atoms with Crippen molar-refractivity contribution in [3.8, 4) is 5.75 Å². The first-order chi connectivity index (χ1) is 9.61. The van der Waals surface area contributed by atoms with Crippen molar-refractivity contribution >= 4 is 21.7 Å². The van der Waals surface area contributed by atoms with Gasteiger partial charge >= 0.3 is 0 Å². The van der Waals surface area contributed by atoms with E-state index in [0.717, 1.165) is 16.5 Å². The lowest BCUT2D eigenvalue weighted by atomic mass is 10.0. The van der Waals surface area contributed by atoms with Gasteiger partial charge in [-0.1, -0.05) is 28.9 Å². The third kappa shape index (κ3) is 3.45. The molecule has 0 atom stereocenters. The van der Waals surface area contributed by atoms with Crippen LogP contribution >= 0.6 is 15.9 Å². The molecule has 0 fully saturated rings. The minimum absolute atomic E-state index is 0.0433. The number of ether oxygens (including phenoxy) is 1.